The van der Waals surface area contributed by atoms with Gasteiger partial charge in [-0.25, -0.2) is 0 Å². The van der Waals surface area contributed by atoms with E-state index in [0.717, 1.165) is 10.5 Å². The normalized spacial score (nSPS) is 26.2. The molecule has 0 spiro atoms. The van der Waals surface area contributed by atoms with E-state index >= 15 is 0 Å². The Bertz CT molecular complexity index is 1510. The number of phenols is 1. The number of phenolic OH excluding ortho intramolecular Hbond substituents is 1. The first-order chi connectivity index (χ1) is 18.7. The van der Waals surface area contributed by atoms with Crippen molar-refractivity contribution < 1.29 is 33.8 Å². The topological polar surface area (TPSA) is 110 Å². The second-order valence-corrected chi connectivity index (χ2v) is 11.9. The monoisotopic (exact) mass is 609 g/mol. The number of Topliss-reactive ketones (excluding diaryl/α,β-unsaturated/α-hetero) is 1. The Kier molecular flexibility index (Phi) is 6.34. The number of ketones is 2. The minimum Gasteiger partial charge on any atom is -0.508 e. The first-order valence-electron chi connectivity index (χ1n) is 12.5. The van der Waals surface area contributed by atoms with Gasteiger partial charge in [0.1, 0.15) is 17.2 Å². The molecule has 2 amide bonds. The number of amides is 2. The van der Waals surface area contributed by atoms with Gasteiger partial charge in [0, 0.05) is 45.7 Å². The molecule has 3 aliphatic carbocycles. The second-order valence-electron chi connectivity index (χ2n) is 10.00. The van der Waals surface area contributed by atoms with Crippen LogP contribution in [0.5, 0.6) is 17.2 Å². The lowest BCUT2D eigenvalue weighted by atomic mass is 9.59. The molecular weight excluding hydrogens is 586 g/mol. The predicted octanol–water partition coefficient (Wildman–Crippen LogP) is 4.43. The fourth-order valence-corrected chi connectivity index (χ4v) is 7.67. The highest BCUT2D eigenvalue weighted by molar-refractivity contribution is 9.12. The molecule has 8 nitrogen and oxygen atoms in total. The van der Waals surface area contributed by atoms with Gasteiger partial charge in [0.05, 0.1) is 37.1 Å². The van der Waals surface area contributed by atoms with E-state index in [1.165, 1.54) is 48.7 Å². The SMILES string of the molecule is COc1cc(O)cc(OC)c1C1C2=CCC3C(=O)N(Cc4cccs4)C(=O)C3C2CC2=C1C(=O)C=C(Br)C2=O. The molecule has 2 aromatic rings. The van der Waals surface area contributed by atoms with Crippen LogP contribution >= 0.6 is 27.3 Å². The summed E-state index contributed by atoms with van der Waals surface area (Å²) in [5.74, 6) is -3.05. The van der Waals surface area contributed by atoms with Crippen LogP contribution < -0.4 is 9.47 Å². The lowest BCUT2D eigenvalue weighted by Gasteiger charge is -2.42. The minimum atomic E-state index is -0.757. The van der Waals surface area contributed by atoms with Gasteiger partial charge >= 0.3 is 0 Å². The highest BCUT2D eigenvalue weighted by Gasteiger charge is 2.56. The van der Waals surface area contributed by atoms with Gasteiger partial charge in [0.25, 0.3) is 0 Å². The summed E-state index contributed by atoms with van der Waals surface area (Å²) in [6.45, 7) is 0.215. The number of carbonyl (C=O) groups is 4. The van der Waals surface area contributed by atoms with Crippen molar-refractivity contribution in [3.05, 3.63) is 73.4 Å². The number of halogens is 1. The Balaban J connectivity index is 1.52. The molecule has 0 saturated carbocycles. The number of allylic oxidation sites excluding steroid dienone is 6. The lowest BCUT2D eigenvalue weighted by Crippen LogP contribution is -2.39. The van der Waals surface area contributed by atoms with E-state index in [1.54, 1.807) is 0 Å². The Morgan fingerprint density at radius 2 is 1.79 bits per heavy atom. The Morgan fingerprint density at radius 1 is 1.08 bits per heavy atom. The maximum absolute atomic E-state index is 13.8. The van der Waals surface area contributed by atoms with Crippen molar-refractivity contribution in [2.45, 2.75) is 25.3 Å². The third kappa shape index (κ3) is 3.91. The fourth-order valence-electron chi connectivity index (χ4n) is 6.53. The van der Waals surface area contributed by atoms with E-state index < -0.39 is 23.7 Å². The molecule has 1 aromatic heterocycles. The van der Waals surface area contributed by atoms with Crippen LogP contribution in [0.25, 0.3) is 0 Å². The minimum absolute atomic E-state index is 0.0822. The molecule has 1 N–H and O–H groups in total. The summed E-state index contributed by atoms with van der Waals surface area (Å²) in [6.07, 6.45) is 3.72. The summed E-state index contributed by atoms with van der Waals surface area (Å²) in [5, 5.41) is 12.2. The second kappa shape index (κ2) is 9.60. The zero-order valence-corrected chi connectivity index (χ0v) is 23.5. The van der Waals surface area contributed by atoms with E-state index in [2.05, 4.69) is 15.9 Å². The number of likely N-dealkylation sites (tertiary alicyclic amines) is 1. The van der Waals surface area contributed by atoms with Crippen LogP contribution in [-0.4, -0.2) is 47.6 Å². The van der Waals surface area contributed by atoms with Gasteiger partial charge < -0.3 is 14.6 Å². The predicted molar refractivity (Wildman–Crippen MR) is 146 cm³/mol. The number of benzene rings is 1. The number of aromatic hydroxyl groups is 1. The molecule has 1 aliphatic heterocycles. The molecule has 6 rings (SSSR count). The third-order valence-electron chi connectivity index (χ3n) is 8.13. The maximum atomic E-state index is 13.8. The van der Waals surface area contributed by atoms with Crippen LogP contribution in [0.15, 0.2) is 63.0 Å². The Labute approximate surface area is 236 Å². The quantitative estimate of drug-likeness (QED) is 0.303. The summed E-state index contributed by atoms with van der Waals surface area (Å²) in [4.78, 5) is 56.5. The fraction of sp³-hybridized carbons (Fsp3) is 0.310. The van der Waals surface area contributed by atoms with Gasteiger partial charge in [-0.05, 0) is 46.1 Å². The molecule has 1 aromatic carbocycles. The zero-order chi connectivity index (χ0) is 27.6. The summed E-state index contributed by atoms with van der Waals surface area (Å²) in [7, 11) is 2.90. The van der Waals surface area contributed by atoms with Crippen LogP contribution in [0.4, 0.5) is 0 Å². The number of nitrogens with zero attached hydrogens (tertiary/aromatic N) is 1. The number of fused-ring (bicyclic) bond motifs is 3. The first-order valence-corrected chi connectivity index (χ1v) is 14.1. The number of ether oxygens (including phenoxy) is 2. The Morgan fingerprint density at radius 3 is 2.44 bits per heavy atom. The molecule has 0 radical (unpaired) electrons. The van der Waals surface area contributed by atoms with Crippen LogP contribution in [0.2, 0.25) is 0 Å². The van der Waals surface area contributed by atoms with Gasteiger partial charge in [0.15, 0.2) is 11.6 Å². The average molecular weight is 610 g/mol. The van der Waals surface area contributed by atoms with E-state index in [9.17, 15) is 24.3 Å². The number of thiophene rings is 1. The molecule has 0 bridgehead atoms. The molecule has 1 fully saturated rings. The number of hydrogen-bond acceptors (Lipinski definition) is 8. The molecule has 4 aliphatic rings. The molecule has 4 unspecified atom stereocenters. The van der Waals surface area contributed by atoms with Crippen molar-refractivity contribution in [3.63, 3.8) is 0 Å². The van der Waals surface area contributed by atoms with Crippen molar-refractivity contribution in [3.8, 4) is 17.2 Å². The molecule has 10 heteroatoms. The molecule has 2 heterocycles. The molecular formula is C29H24BrNO7S. The summed E-state index contributed by atoms with van der Waals surface area (Å²) in [5.41, 5.74) is 1.89. The van der Waals surface area contributed by atoms with E-state index in [-0.39, 0.29) is 58.1 Å². The molecule has 1 saturated heterocycles. The third-order valence-corrected chi connectivity index (χ3v) is 9.58. The highest BCUT2D eigenvalue weighted by atomic mass is 79.9. The number of methoxy groups -OCH3 is 2. The maximum Gasteiger partial charge on any atom is 0.234 e. The van der Waals surface area contributed by atoms with Crippen LogP contribution in [0.1, 0.15) is 29.2 Å². The summed E-state index contributed by atoms with van der Waals surface area (Å²) in [6, 6.07) is 6.64. The van der Waals surface area contributed by atoms with Crippen molar-refractivity contribution in [2.75, 3.05) is 14.2 Å². The van der Waals surface area contributed by atoms with Crippen molar-refractivity contribution >= 4 is 50.6 Å². The summed E-state index contributed by atoms with van der Waals surface area (Å²) < 4.78 is 11.4. The van der Waals surface area contributed by atoms with Gasteiger partial charge in [-0.15, -0.1) is 11.3 Å². The first kappa shape index (κ1) is 25.8. The number of rotatable bonds is 5. The molecule has 200 valence electrons. The zero-order valence-electron chi connectivity index (χ0n) is 21.1. The van der Waals surface area contributed by atoms with Crippen LogP contribution in [-0.2, 0) is 25.7 Å². The average Bonchev–Trinajstić information content (AvgIpc) is 3.53. The largest absolute Gasteiger partial charge is 0.508 e. The molecule has 4 atom stereocenters. The van der Waals surface area contributed by atoms with Crippen molar-refractivity contribution in [2.24, 2.45) is 17.8 Å². The van der Waals surface area contributed by atoms with Crippen molar-refractivity contribution in [1.29, 1.82) is 0 Å². The van der Waals surface area contributed by atoms with E-state index in [0.29, 0.717) is 23.1 Å². The highest BCUT2D eigenvalue weighted by Crippen LogP contribution is 2.58. The van der Waals surface area contributed by atoms with Crippen molar-refractivity contribution in [1.82, 2.24) is 4.90 Å². The number of carbonyl (C=O) groups excluding carboxylic acids is 4. The van der Waals surface area contributed by atoms with Crippen LogP contribution in [0, 0.1) is 17.8 Å². The lowest BCUT2D eigenvalue weighted by molar-refractivity contribution is -0.140. The van der Waals surface area contributed by atoms with Gasteiger partial charge in [-0.2, -0.15) is 0 Å². The molecule has 39 heavy (non-hydrogen) atoms. The van der Waals surface area contributed by atoms with Gasteiger partial charge in [-0.3, -0.25) is 24.1 Å². The van der Waals surface area contributed by atoms with Gasteiger partial charge in [0.2, 0.25) is 11.8 Å². The van der Waals surface area contributed by atoms with E-state index in [1.807, 2.05) is 23.6 Å². The Hall–Kier alpha value is -3.50. The number of imide groups is 1. The van der Waals surface area contributed by atoms with E-state index in [4.69, 9.17) is 9.47 Å². The smallest absolute Gasteiger partial charge is 0.234 e. The van der Waals surface area contributed by atoms with Crippen LogP contribution in [0.3, 0.4) is 0 Å². The number of hydrogen-bond donors (Lipinski definition) is 1. The standard InChI is InChI=1S/C29H24BrNO7S/c1-37-21-8-13(32)9-22(38-2)26(21)25-15-5-6-16-23(29(36)31(28(16)35)12-14-4-3-7-39-14)17(15)10-18-24(25)20(33)11-19(30)27(18)34/h3-5,7-9,11,16-17,23,25,32H,6,10,12H2,1-2H3. The summed E-state index contributed by atoms with van der Waals surface area (Å²) >= 11 is 4.72. The van der Waals surface area contributed by atoms with Gasteiger partial charge in [-0.1, -0.05) is 17.7 Å².